The maximum atomic E-state index is 12.5. The molecule has 0 amide bonds. The Morgan fingerprint density at radius 1 is 1.25 bits per heavy atom. The molecule has 9 heteroatoms. The molecule has 0 unspecified atom stereocenters. The van der Waals surface area contributed by atoms with Crippen LogP contribution in [0.5, 0.6) is 5.75 Å². The van der Waals surface area contributed by atoms with Gasteiger partial charge in [-0.25, -0.2) is 4.98 Å². The highest BCUT2D eigenvalue weighted by Gasteiger charge is 2.33. The van der Waals surface area contributed by atoms with Crippen LogP contribution < -0.4 is 15.4 Å². The lowest BCUT2D eigenvalue weighted by Crippen LogP contribution is -2.36. The van der Waals surface area contributed by atoms with Crippen LogP contribution in [0, 0.1) is 0 Å². The van der Waals surface area contributed by atoms with Crippen LogP contribution >= 0.6 is 11.3 Å². The smallest absolute Gasteiger partial charge is 0.434 e. The SMILES string of the molecule is CN=C(NCc1nc(C(F)(F)F)cs1)NCc1ccccc1OC. The van der Waals surface area contributed by atoms with Crippen molar-refractivity contribution in [3.05, 3.63) is 45.9 Å². The first-order valence-electron chi connectivity index (χ1n) is 7.02. The van der Waals surface area contributed by atoms with E-state index in [1.165, 1.54) is 0 Å². The number of hydrogen-bond acceptors (Lipinski definition) is 4. The summed E-state index contributed by atoms with van der Waals surface area (Å²) in [6.45, 7) is 0.627. The number of halogens is 3. The molecule has 130 valence electrons. The topological polar surface area (TPSA) is 58.5 Å². The molecule has 0 atom stereocenters. The van der Waals surface area contributed by atoms with E-state index >= 15 is 0 Å². The molecule has 1 aromatic carbocycles. The number of thiazole rings is 1. The third-order valence-electron chi connectivity index (χ3n) is 3.11. The van der Waals surface area contributed by atoms with Gasteiger partial charge in [0.15, 0.2) is 11.7 Å². The van der Waals surface area contributed by atoms with Crippen LogP contribution in [-0.4, -0.2) is 25.1 Å². The second-order valence-corrected chi connectivity index (χ2v) is 5.66. The van der Waals surface area contributed by atoms with Crippen molar-refractivity contribution in [2.75, 3.05) is 14.2 Å². The lowest BCUT2D eigenvalue weighted by atomic mass is 10.2. The molecule has 2 N–H and O–H groups in total. The third-order valence-corrected chi connectivity index (χ3v) is 3.96. The van der Waals surface area contributed by atoms with Gasteiger partial charge in [0.2, 0.25) is 0 Å². The summed E-state index contributed by atoms with van der Waals surface area (Å²) in [6, 6.07) is 7.52. The minimum absolute atomic E-state index is 0.159. The number of ether oxygens (including phenoxy) is 1. The fourth-order valence-electron chi connectivity index (χ4n) is 1.93. The fourth-order valence-corrected chi connectivity index (χ4v) is 2.67. The zero-order valence-electron chi connectivity index (χ0n) is 13.1. The lowest BCUT2D eigenvalue weighted by Gasteiger charge is -2.13. The van der Waals surface area contributed by atoms with Gasteiger partial charge in [0.1, 0.15) is 10.8 Å². The van der Waals surface area contributed by atoms with Gasteiger partial charge in [0.25, 0.3) is 0 Å². The van der Waals surface area contributed by atoms with Crippen LogP contribution in [0.4, 0.5) is 13.2 Å². The summed E-state index contributed by atoms with van der Waals surface area (Å²) in [4.78, 5) is 7.60. The number of methoxy groups -OCH3 is 1. The fraction of sp³-hybridized carbons (Fsp3) is 0.333. The molecule has 24 heavy (non-hydrogen) atoms. The Bertz CT molecular complexity index is 700. The number of aromatic nitrogens is 1. The van der Waals surface area contributed by atoms with Crippen molar-refractivity contribution in [3.8, 4) is 5.75 Å². The maximum absolute atomic E-state index is 12.5. The first-order valence-corrected chi connectivity index (χ1v) is 7.90. The molecule has 5 nitrogen and oxygen atoms in total. The van der Waals surface area contributed by atoms with Crippen LogP contribution in [0.3, 0.4) is 0 Å². The maximum Gasteiger partial charge on any atom is 0.434 e. The van der Waals surface area contributed by atoms with Gasteiger partial charge >= 0.3 is 6.18 Å². The Morgan fingerprint density at radius 3 is 2.58 bits per heavy atom. The number of alkyl halides is 3. The van der Waals surface area contributed by atoms with Gasteiger partial charge in [-0.15, -0.1) is 11.3 Å². The summed E-state index contributed by atoms with van der Waals surface area (Å²) in [5, 5.41) is 7.36. The van der Waals surface area contributed by atoms with E-state index in [4.69, 9.17) is 4.74 Å². The minimum atomic E-state index is -4.42. The van der Waals surface area contributed by atoms with E-state index in [2.05, 4.69) is 20.6 Å². The van der Waals surface area contributed by atoms with Crippen molar-refractivity contribution in [3.63, 3.8) is 0 Å². The average Bonchev–Trinajstić information content (AvgIpc) is 3.04. The predicted octanol–water partition coefficient (Wildman–Crippen LogP) is 3.04. The van der Waals surface area contributed by atoms with Crippen LogP contribution in [-0.2, 0) is 19.3 Å². The molecule has 2 aromatic rings. The number of nitrogens with one attached hydrogen (secondary N) is 2. The first-order chi connectivity index (χ1) is 11.4. The number of nitrogens with zero attached hydrogens (tertiary/aromatic N) is 2. The van der Waals surface area contributed by atoms with E-state index in [0.717, 1.165) is 28.0 Å². The van der Waals surface area contributed by atoms with Gasteiger partial charge in [-0.1, -0.05) is 18.2 Å². The molecule has 1 heterocycles. The van der Waals surface area contributed by atoms with E-state index in [-0.39, 0.29) is 6.54 Å². The highest BCUT2D eigenvalue weighted by Crippen LogP contribution is 2.29. The summed E-state index contributed by atoms with van der Waals surface area (Å²) < 4.78 is 42.8. The number of rotatable bonds is 5. The van der Waals surface area contributed by atoms with Crippen molar-refractivity contribution in [1.29, 1.82) is 0 Å². The zero-order valence-corrected chi connectivity index (χ0v) is 14.0. The van der Waals surface area contributed by atoms with Gasteiger partial charge in [-0.2, -0.15) is 13.2 Å². The second kappa shape index (κ2) is 8.00. The zero-order chi connectivity index (χ0) is 17.6. The molecule has 0 aliphatic heterocycles. The molecule has 0 saturated heterocycles. The first kappa shape index (κ1) is 18.1. The summed E-state index contributed by atoms with van der Waals surface area (Å²) in [5.74, 6) is 1.21. The highest BCUT2D eigenvalue weighted by atomic mass is 32.1. The molecule has 0 spiro atoms. The van der Waals surface area contributed by atoms with Crippen molar-refractivity contribution in [2.45, 2.75) is 19.3 Å². The molecule has 0 fully saturated rings. The Balaban J connectivity index is 1.90. The summed E-state index contributed by atoms with van der Waals surface area (Å²) in [6.07, 6.45) is -4.42. The van der Waals surface area contributed by atoms with Crippen LogP contribution in [0.15, 0.2) is 34.6 Å². The molecule has 0 aliphatic carbocycles. The van der Waals surface area contributed by atoms with Gasteiger partial charge in [0.05, 0.1) is 13.7 Å². The van der Waals surface area contributed by atoms with E-state index in [0.29, 0.717) is 17.5 Å². The molecule has 0 bridgehead atoms. The summed E-state index contributed by atoms with van der Waals surface area (Å²) in [7, 11) is 3.17. The number of para-hydroxylation sites is 1. The molecular formula is C15H17F3N4OS. The number of hydrogen-bond donors (Lipinski definition) is 2. The minimum Gasteiger partial charge on any atom is -0.496 e. The van der Waals surface area contributed by atoms with Crippen LogP contribution in [0.2, 0.25) is 0 Å². The number of guanidine groups is 1. The van der Waals surface area contributed by atoms with Crippen LogP contribution in [0.25, 0.3) is 0 Å². The van der Waals surface area contributed by atoms with Gasteiger partial charge in [0, 0.05) is 24.5 Å². The average molecular weight is 358 g/mol. The molecule has 0 radical (unpaired) electrons. The molecule has 1 aromatic heterocycles. The standard InChI is InChI=1S/C15H17F3N4OS/c1-19-14(20-7-10-5-3-4-6-11(10)23-2)21-8-13-22-12(9-24-13)15(16,17)18/h3-6,9H,7-8H2,1-2H3,(H2,19,20,21). The molecule has 2 rings (SSSR count). The van der Waals surface area contributed by atoms with Gasteiger partial charge in [-0.3, -0.25) is 4.99 Å². The van der Waals surface area contributed by atoms with E-state index < -0.39 is 11.9 Å². The Kier molecular flexibility index (Phi) is 6.02. The van der Waals surface area contributed by atoms with Crippen molar-refractivity contribution in [2.24, 2.45) is 4.99 Å². The monoisotopic (exact) mass is 358 g/mol. The summed E-state index contributed by atoms with van der Waals surface area (Å²) in [5.41, 5.74) is 0.0674. The Morgan fingerprint density at radius 2 is 1.96 bits per heavy atom. The lowest BCUT2D eigenvalue weighted by molar-refractivity contribution is -0.140. The number of aliphatic imine (C=N–C) groups is 1. The van der Waals surface area contributed by atoms with Crippen molar-refractivity contribution >= 4 is 17.3 Å². The Labute approximate surface area is 141 Å². The third kappa shape index (κ3) is 4.85. The number of benzene rings is 1. The van der Waals surface area contributed by atoms with E-state index in [1.54, 1.807) is 14.2 Å². The highest BCUT2D eigenvalue weighted by molar-refractivity contribution is 7.09. The summed E-state index contributed by atoms with van der Waals surface area (Å²) >= 11 is 0.953. The van der Waals surface area contributed by atoms with Crippen LogP contribution in [0.1, 0.15) is 16.3 Å². The van der Waals surface area contributed by atoms with Crippen molar-refractivity contribution < 1.29 is 17.9 Å². The second-order valence-electron chi connectivity index (χ2n) is 4.72. The van der Waals surface area contributed by atoms with Crippen molar-refractivity contribution in [1.82, 2.24) is 15.6 Å². The molecular weight excluding hydrogens is 341 g/mol. The largest absolute Gasteiger partial charge is 0.496 e. The van der Waals surface area contributed by atoms with E-state index in [1.807, 2.05) is 24.3 Å². The van der Waals surface area contributed by atoms with E-state index in [9.17, 15) is 13.2 Å². The van der Waals surface area contributed by atoms with Gasteiger partial charge in [-0.05, 0) is 6.07 Å². The molecule has 0 saturated carbocycles. The molecule has 0 aliphatic rings. The van der Waals surface area contributed by atoms with Gasteiger partial charge < -0.3 is 15.4 Å². The quantitative estimate of drug-likeness (QED) is 0.637. The normalized spacial score (nSPS) is 12.1. The predicted molar refractivity (Wildman–Crippen MR) is 87.1 cm³/mol. The Hall–Kier alpha value is -2.29.